The number of hydrogen-bond acceptors (Lipinski definition) is 6. The van der Waals surface area contributed by atoms with E-state index < -0.39 is 10.0 Å². The Kier molecular flexibility index (Phi) is 5.00. The summed E-state index contributed by atoms with van der Waals surface area (Å²) in [7, 11) is -1.95. The first-order valence-corrected chi connectivity index (χ1v) is 9.96. The molecule has 0 spiro atoms. The predicted molar refractivity (Wildman–Crippen MR) is 99.3 cm³/mol. The number of hydrogen-bond donors (Lipinski definition) is 1. The molecule has 0 aliphatic carbocycles. The van der Waals surface area contributed by atoms with Crippen molar-refractivity contribution in [1.82, 2.24) is 10.2 Å². The van der Waals surface area contributed by atoms with E-state index in [0.29, 0.717) is 5.01 Å². The highest BCUT2D eigenvalue weighted by atomic mass is 32.2. The van der Waals surface area contributed by atoms with Gasteiger partial charge in [0, 0.05) is 5.56 Å². The Morgan fingerprint density at radius 2 is 1.88 bits per heavy atom. The first kappa shape index (κ1) is 17.4. The largest absolute Gasteiger partial charge is 0.497 e. The van der Waals surface area contributed by atoms with E-state index in [1.54, 1.807) is 13.2 Å². The zero-order valence-corrected chi connectivity index (χ0v) is 15.4. The van der Waals surface area contributed by atoms with Gasteiger partial charge in [0.2, 0.25) is 15.2 Å². The molecular weight excluding hydrogens is 358 g/mol. The monoisotopic (exact) mass is 375 g/mol. The van der Waals surface area contributed by atoms with Gasteiger partial charge in [-0.25, -0.2) is 8.42 Å². The Bertz CT molecular complexity index is 967. The van der Waals surface area contributed by atoms with Gasteiger partial charge >= 0.3 is 0 Å². The fraction of sp³-hybridized carbons (Fsp3) is 0.176. The van der Waals surface area contributed by atoms with E-state index in [2.05, 4.69) is 14.9 Å². The van der Waals surface area contributed by atoms with E-state index >= 15 is 0 Å². The number of nitrogens with zero attached hydrogens (tertiary/aromatic N) is 2. The number of ether oxygens (including phenoxy) is 1. The van der Waals surface area contributed by atoms with Crippen molar-refractivity contribution in [1.29, 1.82) is 0 Å². The second-order valence-corrected chi connectivity index (χ2v) is 8.19. The van der Waals surface area contributed by atoms with Crippen molar-refractivity contribution in [3.05, 3.63) is 59.7 Å². The number of nitrogens with one attached hydrogen (secondary N) is 1. The summed E-state index contributed by atoms with van der Waals surface area (Å²) in [5.74, 6) is 0.638. The molecule has 0 saturated heterocycles. The molecule has 1 N–H and O–H groups in total. The fourth-order valence-electron chi connectivity index (χ4n) is 2.31. The van der Waals surface area contributed by atoms with Crippen LogP contribution in [0.5, 0.6) is 5.75 Å². The van der Waals surface area contributed by atoms with Crippen LogP contribution in [0.15, 0.2) is 48.5 Å². The van der Waals surface area contributed by atoms with E-state index in [1.165, 1.54) is 11.3 Å². The number of anilines is 1. The van der Waals surface area contributed by atoms with Crippen molar-refractivity contribution in [2.24, 2.45) is 0 Å². The van der Waals surface area contributed by atoms with Gasteiger partial charge in [0.15, 0.2) is 0 Å². The molecule has 0 aliphatic heterocycles. The van der Waals surface area contributed by atoms with Gasteiger partial charge in [0.25, 0.3) is 0 Å². The van der Waals surface area contributed by atoms with Gasteiger partial charge < -0.3 is 4.74 Å². The quantitative estimate of drug-likeness (QED) is 0.713. The molecular formula is C17H17N3O3S2. The molecule has 0 radical (unpaired) electrons. The Morgan fingerprint density at radius 1 is 1.12 bits per heavy atom. The molecule has 0 atom stereocenters. The van der Waals surface area contributed by atoms with Crippen LogP contribution < -0.4 is 9.46 Å². The molecule has 6 nitrogen and oxygen atoms in total. The molecule has 0 aliphatic rings. The normalized spacial score (nSPS) is 11.3. The van der Waals surface area contributed by atoms with Gasteiger partial charge in [-0.15, -0.1) is 10.2 Å². The zero-order chi connectivity index (χ0) is 17.9. The lowest BCUT2D eigenvalue weighted by Crippen LogP contribution is -2.15. The van der Waals surface area contributed by atoms with E-state index in [-0.39, 0.29) is 10.9 Å². The van der Waals surface area contributed by atoms with Crippen LogP contribution in [0, 0.1) is 6.92 Å². The highest BCUT2D eigenvalue weighted by Gasteiger charge is 2.15. The van der Waals surface area contributed by atoms with Crippen LogP contribution in [0.1, 0.15) is 11.1 Å². The maximum absolute atomic E-state index is 12.3. The van der Waals surface area contributed by atoms with E-state index in [9.17, 15) is 8.42 Å². The number of rotatable bonds is 6. The van der Waals surface area contributed by atoms with Crippen molar-refractivity contribution in [3.8, 4) is 16.3 Å². The summed E-state index contributed by atoms with van der Waals surface area (Å²) >= 11 is 1.19. The SMILES string of the molecule is COc1ccc(-c2nnc(NS(=O)(=O)Cc3cccc(C)c3)s2)cc1. The van der Waals surface area contributed by atoms with Gasteiger partial charge in [-0.05, 0) is 36.8 Å². The summed E-state index contributed by atoms with van der Waals surface area (Å²) in [4.78, 5) is 0. The van der Waals surface area contributed by atoms with Gasteiger partial charge in [0.05, 0.1) is 12.9 Å². The average molecular weight is 375 g/mol. The lowest BCUT2D eigenvalue weighted by Gasteiger charge is -2.05. The van der Waals surface area contributed by atoms with Gasteiger partial charge in [0.1, 0.15) is 10.8 Å². The van der Waals surface area contributed by atoms with Crippen molar-refractivity contribution >= 4 is 26.5 Å². The smallest absolute Gasteiger partial charge is 0.238 e. The molecule has 0 amide bonds. The Balaban J connectivity index is 1.73. The lowest BCUT2D eigenvalue weighted by atomic mass is 10.2. The molecule has 1 heterocycles. The molecule has 3 rings (SSSR count). The highest BCUT2D eigenvalue weighted by molar-refractivity contribution is 7.92. The third-order valence-corrected chi connectivity index (χ3v) is 5.68. The molecule has 2 aromatic carbocycles. The van der Waals surface area contributed by atoms with Crippen LogP contribution in [-0.2, 0) is 15.8 Å². The summed E-state index contributed by atoms with van der Waals surface area (Å²) < 4.78 is 32.3. The number of aromatic nitrogens is 2. The predicted octanol–water partition coefficient (Wildman–Crippen LogP) is 3.46. The Hall–Kier alpha value is -2.45. The average Bonchev–Trinajstić information content (AvgIpc) is 3.02. The van der Waals surface area contributed by atoms with Crippen LogP contribution in [0.3, 0.4) is 0 Å². The maximum atomic E-state index is 12.3. The summed E-state index contributed by atoms with van der Waals surface area (Å²) in [6.07, 6.45) is 0. The highest BCUT2D eigenvalue weighted by Crippen LogP contribution is 2.28. The standard InChI is InChI=1S/C17H17N3O3S2/c1-12-4-3-5-13(10-12)11-25(21,22)20-17-19-18-16(24-17)14-6-8-15(23-2)9-7-14/h3-10H,11H2,1-2H3,(H,19,20). The fourth-order valence-corrected chi connectivity index (χ4v) is 4.45. The molecule has 130 valence electrons. The van der Waals surface area contributed by atoms with Crippen molar-refractivity contribution in [3.63, 3.8) is 0 Å². The number of aryl methyl sites for hydroxylation is 1. The summed E-state index contributed by atoms with van der Waals surface area (Å²) in [5.41, 5.74) is 2.60. The maximum Gasteiger partial charge on any atom is 0.238 e. The van der Waals surface area contributed by atoms with Crippen LogP contribution >= 0.6 is 11.3 Å². The van der Waals surface area contributed by atoms with Crippen molar-refractivity contribution < 1.29 is 13.2 Å². The van der Waals surface area contributed by atoms with E-state index in [0.717, 1.165) is 22.4 Å². The topological polar surface area (TPSA) is 81.2 Å². The second-order valence-electron chi connectivity index (χ2n) is 5.49. The minimum Gasteiger partial charge on any atom is -0.497 e. The summed E-state index contributed by atoms with van der Waals surface area (Å²) in [6, 6.07) is 14.7. The minimum atomic E-state index is -3.55. The molecule has 25 heavy (non-hydrogen) atoms. The molecule has 0 saturated carbocycles. The Labute approximate surface area is 150 Å². The number of sulfonamides is 1. The molecule has 3 aromatic rings. The van der Waals surface area contributed by atoms with Crippen LogP contribution in [0.25, 0.3) is 10.6 Å². The van der Waals surface area contributed by atoms with Crippen molar-refractivity contribution in [2.45, 2.75) is 12.7 Å². The van der Waals surface area contributed by atoms with Crippen LogP contribution in [-0.4, -0.2) is 25.7 Å². The number of benzene rings is 2. The summed E-state index contributed by atoms with van der Waals surface area (Å²) in [6.45, 7) is 1.93. The van der Waals surface area contributed by atoms with Gasteiger partial charge in [-0.1, -0.05) is 41.2 Å². The zero-order valence-electron chi connectivity index (χ0n) is 13.8. The number of methoxy groups -OCH3 is 1. The first-order chi connectivity index (χ1) is 11.9. The summed E-state index contributed by atoms with van der Waals surface area (Å²) in [5, 5.41) is 8.86. The minimum absolute atomic E-state index is 0.105. The Morgan fingerprint density at radius 3 is 2.56 bits per heavy atom. The molecule has 1 aromatic heterocycles. The lowest BCUT2D eigenvalue weighted by molar-refractivity contribution is 0.415. The third-order valence-electron chi connectivity index (χ3n) is 3.44. The first-order valence-electron chi connectivity index (χ1n) is 7.49. The van der Waals surface area contributed by atoms with E-state index in [1.807, 2.05) is 49.4 Å². The van der Waals surface area contributed by atoms with E-state index in [4.69, 9.17) is 4.74 Å². The molecule has 0 bridgehead atoms. The van der Waals surface area contributed by atoms with Crippen LogP contribution in [0.2, 0.25) is 0 Å². The van der Waals surface area contributed by atoms with Crippen molar-refractivity contribution in [2.75, 3.05) is 11.8 Å². The third kappa shape index (κ3) is 4.55. The molecule has 8 heteroatoms. The molecule has 0 fully saturated rings. The second kappa shape index (κ2) is 7.20. The van der Waals surface area contributed by atoms with Gasteiger partial charge in [-0.3, -0.25) is 4.72 Å². The molecule has 0 unspecified atom stereocenters. The van der Waals surface area contributed by atoms with Crippen LogP contribution in [0.4, 0.5) is 5.13 Å². The van der Waals surface area contributed by atoms with Gasteiger partial charge in [-0.2, -0.15) is 0 Å².